The van der Waals surface area contributed by atoms with Gasteiger partial charge in [0, 0.05) is 30.1 Å². The number of carboxylic acids is 1. The molecular weight excluding hydrogens is 474 g/mol. The van der Waals surface area contributed by atoms with E-state index < -0.39 is 42.5 Å². The van der Waals surface area contributed by atoms with Gasteiger partial charge in [-0.15, -0.1) is 0 Å². The standard InChI is InChI=1S/C27H31N5O5/c28-20(14-18-15-29-21-10-5-4-9-19(18)21)27(37)32-12-6-11-23(32)26(36)31-22(25(35)30-16-24(33)34)13-17-7-2-1-3-8-17/h1-5,7-10,15,20,22-23,29H,6,11-14,16,28H2,(H,30,35)(H,31,36)(H,33,34). The van der Waals surface area contributed by atoms with Gasteiger partial charge >= 0.3 is 5.97 Å². The zero-order valence-corrected chi connectivity index (χ0v) is 20.4. The normalized spacial score (nSPS) is 16.8. The van der Waals surface area contributed by atoms with Crippen LogP contribution in [-0.2, 0) is 32.0 Å². The number of aromatic amines is 1. The highest BCUT2D eigenvalue weighted by molar-refractivity contribution is 5.94. The quantitative estimate of drug-likeness (QED) is 0.276. The molecule has 3 aromatic rings. The first kappa shape index (κ1) is 25.9. The summed E-state index contributed by atoms with van der Waals surface area (Å²) in [5.41, 5.74) is 8.99. The third-order valence-electron chi connectivity index (χ3n) is 6.60. The highest BCUT2D eigenvalue weighted by Gasteiger charge is 2.37. The molecule has 0 aliphatic carbocycles. The van der Waals surface area contributed by atoms with Crippen LogP contribution in [-0.4, -0.2) is 69.9 Å². The summed E-state index contributed by atoms with van der Waals surface area (Å²) < 4.78 is 0. The van der Waals surface area contributed by atoms with E-state index in [4.69, 9.17) is 10.8 Å². The average Bonchev–Trinajstić information content (AvgIpc) is 3.55. The van der Waals surface area contributed by atoms with Crippen molar-refractivity contribution in [2.24, 2.45) is 5.73 Å². The van der Waals surface area contributed by atoms with E-state index in [2.05, 4.69) is 15.6 Å². The smallest absolute Gasteiger partial charge is 0.322 e. The van der Waals surface area contributed by atoms with Crippen molar-refractivity contribution in [1.29, 1.82) is 0 Å². The van der Waals surface area contributed by atoms with Crippen LogP contribution in [0.5, 0.6) is 0 Å². The Morgan fingerprint density at radius 3 is 2.54 bits per heavy atom. The number of H-pyrrole nitrogens is 1. The molecule has 37 heavy (non-hydrogen) atoms. The Bertz CT molecular complexity index is 1270. The Balaban J connectivity index is 1.44. The van der Waals surface area contributed by atoms with Gasteiger partial charge in [0.2, 0.25) is 17.7 Å². The lowest BCUT2D eigenvalue weighted by Gasteiger charge is -2.28. The molecule has 6 N–H and O–H groups in total. The fourth-order valence-electron chi connectivity index (χ4n) is 4.75. The number of hydrogen-bond donors (Lipinski definition) is 5. The van der Waals surface area contributed by atoms with Crippen LogP contribution in [0, 0.1) is 0 Å². The largest absolute Gasteiger partial charge is 0.480 e. The minimum Gasteiger partial charge on any atom is -0.480 e. The maximum absolute atomic E-state index is 13.3. The van der Waals surface area contributed by atoms with E-state index in [9.17, 15) is 19.2 Å². The van der Waals surface area contributed by atoms with Gasteiger partial charge in [-0.05, 0) is 36.5 Å². The molecule has 194 valence electrons. The number of carbonyl (C=O) groups is 4. The molecule has 10 nitrogen and oxygen atoms in total. The van der Waals surface area contributed by atoms with Crippen LogP contribution in [0.3, 0.4) is 0 Å². The summed E-state index contributed by atoms with van der Waals surface area (Å²) in [4.78, 5) is 54.9. The summed E-state index contributed by atoms with van der Waals surface area (Å²) in [6, 6.07) is 14.3. The Kier molecular flexibility index (Phi) is 8.19. The van der Waals surface area contributed by atoms with Crippen LogP contribution in [0.4, 0.5) is 0 Å². The van der Waals surface area contributed by atoms with Crippen LogP contribution in [0.25, 0.3) is 10.9 Å². The van der Waals surface area contributed by atoms with Crippen molar-refractivity contribution in [3.8, 4) is 0 Å². The lowest BCUT2D eigenvalue weighted by molar-refractivity contribution is -0.141. The number of benzene rings is 2. The van der Waals surface area contributed by atoms with Gasteiger partial charge in [-0.1, -0.05) is 48.5 Å². The van der Waals surface area contributed by atoms with E-state index in [-0.39, 0.29) is 12.3 Å². The monoisotopic (exact) mass is 505 g/mol. The van der Waals surface area contributed by atoms with Crippen molar-refractivity contribution in [1.82, 2.24) is 20.5 Å². The number of aromatic nitrogens is 1. The van der Waals surface area contributed by atoms with E-state index in [1.807, 2.05) is 60.8 Å². The Hall–Kier alpha value is -4.18. The third kappa shape index (κ3) is 6.34. The van der Waals surface area contributed by atoms with Gasteiger partial charge in [0.15, 0.2) is 0 Å². The van der Waals surface area contributed by atoms with Crippen molar-refractivity contribution >= 4 is 34.6 Å². The molecule has 1 aromatic heterocycles. The topological polar surface area (TPSA) is 158 Å². The Morgan fingerprint density at radius 1 is 1.05 bits per heavy atom. The molecule has 1 saturated heterocycles. The van der Waals surface area contributed by atoms with Crippen LogP contribution in [0.1, 0.15) is 24.0 Å². The predicted molar refractivity (Wildman–Crippen MR) is 137 cm³/mol. The van der Waals surface area contributed by atoms with Crippen LogP contribution < -0.4 is 16.4 Å². The van der Waals surface area contributed by atoms with Crippen LogP contribution >= 0.6 is 0 Å². The number of rotatable bonds is 10. The number of nitrogens with one attached hydrogen (secondary N) is 3. The number of aliphatic carboxylic acids is 1. The highest BCUT2D eigenvalue weighted by Crippen LogP contribution is 2.22. The number of para-hydroxylation sites is 1. The molecule has 1 fully saturated rings. The summed E-state index contributed by atoms with van der Waals surface area (Å²) in [5, 5.41) is 15.0. The lowest BCUT2D eigenvalue weighted by atomic mass is 10.0. The molecule has 3 unspecified atom stereocenters. The lowest BCUT2D eigenvalue weighted by Crippen LogP contribution is -2.56. The molecule has 0 spiro atoms. The zero-order chi connectivity index (χ0) is 26.4. The summed E-state index contributed by atoms with van der Waals surface area (Å²) in [6.45, 7) is -0.163. The summed E-state index contributed by atoms with van der Waals surface area (Å²) >= 11 is 0. The Morgan fingerprint density at radius 2 is 1.78 bits per heavy atom. The predicted octanol–water partition coefficient (Wildman–Crippen LogP) is 0.957. The van der Waals surface area contributed by atoms with E-state index in [1.165, 1.54) is 4.90 Å². The maximum atomic E-state index is 13.3. The molecule has 4 rings (SSSR count). The minimum atomic E-state index is -1.19. The van der Waals surface area contributed by atoms with E-state index in [0.29, 0.717) is 25.8 Å². The SMILES string of the molecule is NC(Cc1c[nH]c2ccccc12)C(=O)N1CCCC1C(=O)NC(Cc1ccccc1)C(=O)NCC(=O)O. The number of amides is 3. The number of carboxylic acid groups (broad SMARTS) is 1. The number of nitrogens with zero attached hydrogens (tertiary/aromatic N) is 1. The number of carbonyl (C=O) groups excluding carboxylic acids is 3. The van der Waals surface area contributed by atoms with E-state index in [0.717, 1.165) is 22.0 Å². The molecule has 1 aliphatic heterocycles. The second-order valence-corrected chi connectivity index (χ2v) is 9.22. The number of fused-ring (bicyclic) bond motifs is 1. The molecule has 0 bridgehead atoms. The second kappa shape index (κ2) is 11.7. The first-order chi connectivity index (χ1) is 17.8. The summed E-state index contributed by atoms with van der Waals surface area (Å²) in [7, 11) is 0. The molecule has 0 saturated carbocycles. The van der Waals surface area contributed by atoms with Gasteiger partial charge in [0.05, 0.1) is 6.04 Å². The summed E-state index contributed by atoms with van der Waals surface area (Å²) in [6.07, 6.45) is 3.43. The minimum absolute atomic E-state index is 0.179. The van der Waals surface area contributed by atoms with Crippen LogP contribution in [0.15, 0.2) is 60.8 Å². The first-order valence-electron chi connectivity index (χ1n) is 12.3. The molecule has 1 aliphatic rings. The Labute approximate surface area is 214 Å². The summed E-state index contributed by atoms with van der Waals surface area (Å²) in [5.74, 6) is -2.57. The van der Waals surface area contributed by atoms with Gasteiger partial charge in [-0.2, -0.15) is 0 Å². The van der Waals surface area contributed by atoms with Gasteiger partial charge in [-0.25, -0.2) is 0 Å². The molecule has 2 heterocycles. The first-order valence-corrected chi connectivity index (χ1v) is 12.3. The van der Waals surface area contributed by atoms with Gasteiger partial charge in [0.1, 0.15) is 18.6 Å². The third-order valence-corrected chi connectivity index (χ3v) is 6.60. The molecule has 3 atom stereocenters. The van der Waals surface area contributed by atoms with Gasteiger partial charge in [0.25, 0.3) is 0 Å². The fraction of sp³-hybridized carbons (Fsp3) is 0.333. The van der Waals surface area contributed by atoms with Crippen LogP contribution in [0.2, 0.25) is 0 Å². The highest BCUT2D eigenvalue weighted by atomic mass is 16.4. The molecular formula is C27H31N5O5. The van der Waals surface area contributed by atoms with Gasteiger partial charge in [-0.3, -0.25) is 19.2 Å². The molecule has 3 amide bonds. The zero-order valence-electron chi connectivity index (χ0n) is 20.4. The molecule has 10 heteroatoms. The maximum Gasteiger partial charge on any atom is 0.322 e. The van der Waals surface area contributed by atoms with Gasteiger partial charge < -0.3 is 31.4 Å². The second-order valence-electron chi connectivity index (χ2n) is 9.22. The van der Waals surface area contributed by atoms with Crippen molar-refractivity contribution in [2.75, 3.05) is 13.1 Å². The van der Waals surface area contributed by atoms with Crippen molar-refractivity contribution < 1.29 is 24.3 Å². The van der Waals surface area contributed by atoms with E-state index in [1.54, 1.807) is 0 Å². The van der Waals surface area contributed by atoms with Crippen molar-refractivity contribution in [3.63, 3.8) is 0 Å². The average molecular weight is 506 g/mol. The molecule has 0 radical (unpaired) electrons. The van der Waals surface area contributed by atoms with Crippen molar-refractivity contribution in [2.45, 2.75) is 43.8 Å². The fourth-order valence-corrected chi connectivity index (χ4v) is 4.75. The molecule has 2 aromatic carbocycles. The number of hydrogen-bond acceptors (Lipinski definition) is 5. The van der Waals surface area contributed by atoms with E-state index >= 15 is 0 Å². The number of likely N-dealkylation sites (tertiary alicyclic amines) is 1. The van der Waals surface area contributed by atoms with Crippen molar-refractivity contribution in [3.05, 3.63) is 71.9 Å². The number of nitrogens with two attached hydrogens (primary N) is 1.